The lowest BCUT2D eigenvalue weighted by atomic mass is 10.5. The fourth-order valence-electron chi connectivity index (χ4n) is 1.45. The van der Waals surface area contributed by atoms with Gasteiger partial charge in [0.2, 0.25) is 5.91 Å². The molecule has 0 aliphatic carbocycles. The number of hydrogen-bond donors (Lipinski definition) is 2. The summed E-state index contributed by atoms with van der Waals surface area (Å²) in [6.45, 7) is 5.51. The van der Waals surface area contributed by atoms with E-state index in [9.17, 15) is 4.79 Å². The SMILES string of the molecule is CCOC(CNC(=O)Cn1cc(CN)nn1)OCC. The van der Waals surface area contributed by atoms with Gasteiger partial charge in [0.15, 0.2) is 6.29 Å². The second kappa shape index (κ2) is 8.57. The predicted octanol–water partition coefficient (Wildman–Crippen LogP) is -0.748. The molecule has 0 bridgehead atoms. The summed E-state index contributed by atoms with van der Waals surface area (Å²) < 4.78 is 12.1. The van der Waals surface area contributed by atoms with Crippen molar-refractivity contribution in [3.8, 4) is 0 Å². The van der Waals surface area contributed by atoms with E-state index < -0.39 is 6.29 Å². The zero-order chi connectivity index (χ0) is 14.1. The van der Waals surface area contributed by atoms with E-state index in [0.29, 0.717) is 32.0 Å². The molecule has 0 aliphatic heterocycles. The number of nitrogens with one attached hydrogen (secondary N) is 1. The lowest BCUT2D eigenvalue weighted by Crippen LogP contribution is -2.37. The number of rotatable bonds is 9. The lowest BCUT2D eigenvalue weighted by Gasteiger charge is -2.17. The van der Waals surface area contributed by atoms with Crippen LogP contribution in [0.2, 0.25) is 0 Å². The predicted molar refractivity (Wildman–Crippen MR) is 68.0 cm³/mol. The fourth-order valence-corrected chi connectivity index (χ4v) is 1.45. The molecule has 0 aromatic carbocycles. The van der Waals surface area contributed by atoms with Crippen LogP contribution in [0.4, 0.5) is 0 Å². The molecule has 1 heterocycles. The number of ether oxygens (including phenoxy) is 2. The maximum Gasteiger partial charge on any atom is 0.241 e. The Morgan fingerprint density at radius 1 is 1.47 bits per heavy atom. The molecular weight excluding hydrogens is 250 g/mol. The molecule has 0 unspecified atom stereocenters. The number of amides is 1. The zero-order valence-electron chi connectivity index (χ0n) is 11.3. The van der Waals surface area contributed by atoms with Gasteiger partial charge in [-0.05, 0) is 13.8 Å². The van der Waals surface area contributed by atoms with E-state index in [-0.39, 0.29) is 12.5 Å². The molecule has 0 spiro atoms. The Kier molecular flexibility index (Phi) is 7.01. The van der Waals surface area contributed by atoms with E-state index in [1.54, 1.807) is 6.20 Å². The first-order valence-corrected chi connectivity index (χ1v) is 6.28. The highest BCUT2D eigenvalue weighted by Gasteiger charge is 2.11. The number of carbonyl (C=O) groups is 1. The zero-order valence-corrected chi connectivity index (χ0v) is 11.3. The number of hydrogen-bond acceptors (Lipinski definition) is 6. The summed E-state index contributed by atoms with van der Waals surface area (Å²) in [5.41, 5.74) is 6.06. The van der Waals surface area contributed by atoms with Crippen LogP contribution in [0, 0.1) is 0 Å². The summed E-state index contributed by atoms with van der Waals surface area (Å²) in [5, 5.41) is 10.3. The lowest BCUT2D eigenvalue weighted by molar-refractivity contribution is -0.140. The molecule has 3 N–H and O–H groups in total. The van der Waals surface area contributed by atoms with Gasteiger partial charge in [0.25, 0.3) is 0 Å². The molecule has 1 amide bonds. The van der Waals surface area contributed by atoms with Gasteiger partial charge >= 0.3 is 0 Å². The minimum Gasteiger partial charge on any atom is -0.351 e. The van der Waals surface area contributed by atoms with Crippen molar-refractivity contribution in [2.45, 2.75) is 33.2 Å². The monoisotopic (exact) mass is 271 g/mol. The maximum atomic E-state index is 11.7. The van der Waals surface area contributed by atoms with Crippen LogP contribution >= 0.6 is 0 Å². The van der Waals surface area contributed by atoms with Crippen LogP contribution in [-0.2, 0) is 27.4 Å². The number of nitrogens with zero attached hydrogens (tertiary/aromatic N) is 3. The Bertz CT molecular complexity index is 376. The number of carbonyl (C=O) groups excluding carboxylic acids is 1. The van der Waals surface area contributed by atoms with Gasteiger partial charge in [-0.15, -0.1) is 5.10 Å². The van der Waals surface area contributed by atoms with Crippen molar-refractivity contribution in [1.82, 2.24) is 20.3 Å². The third-order valence-corrected chi connectivity index (χ3v) is 2.27. The molecule has 108 valence electrons. The molecule has 8 heteroatoms. The van der Waals surface area contributed by atoms with E-state index >= 15 is 0 Å². The van der Waals surface area contributed by atoms with E-state index in [0.717, 1.165) is 0 Å². The van der Waals surface area contributed by atoms with Gasteiger partial charge in [0, 0.05) is 19.8 Å². The maximum absolute atomic E-state index is 11.7. The van der Waals surface area contributed by atoms with Gasteiger partial charge in [-0.3, -0.25) is 4.79 Å². The van der Waals surface area contributed by atoms with Crippen molar-refractivity contribution in [2.75, 3.05) is 19.8 Å². The number of nitrogens with two attached hydrogens (primary N) is 1. The van der Waals surface area contributed by atoms with Gasteiger partial charge in [-0.1, -0.05) is 5.21 Å². The molecule has 0 aliphatic rings. The van der Waals surface area contributed by atoms with Crippen molar-refractivity contribution >= 4 is 5.91 Å². The van der Waals surface area contributed by atoms with Crippen molar-refractivity contribution in [3.05, 3.63) is 11.9 Å². The average molecular weight is 271 g/mol. The largest absolute Gasteiger partial charge is 0.351 e. The van der Waals surface area contributed by atoms with Crippen LogP contribution in [0.3, 0.4) is 0 Å². The topological polar surface area (TPSA) is 104 Å². The van der Waals surface area contributed by atoms with Crippen molar-refractivity contribution in [1.29, 1.82) is 0 Å². The summed E-state index contributed by atoms with van der Waals surface area (Å²) in [4.78, 5) is 11.7. The summed E-state index contributed by atoms with van der Waals surface area (Å²) >= 11 is 0. The van der Waals surface area contributed by atoms with Gasteiger partial charge in [0.1, 0.15) is 6.54 Å². The molecule has 0 saturated carbocycles. The van der Waals surface area contributed by atoms with Crippen LogP contribution in [0.5, 0.6) is 0 Å². The molecule has 0 fully saturated rings. The van der Waals surface area contributed by atoms with Gasteiger partial charge < -0.3 is 20.5 Å². The van der Waals surface area contributed by atoms with Crippen LogP contribution in [0.25, 0.3) is 0 Å². The molecule has 0 saturated heterocycles. The molecule has 0 radical (unpaired) electrons. The highest BCUT2D eigenvalue weighted by molar-refractivity contribution is 5.75. The summed E-state index contributed by atoms with van der Waals surface area (Å²) in [6.07, 6.45) is 1.22. The standard InChI is InChI=1S/C11H21N5O3/c1-3-18-11(19-4-2)6-13-10(17)8-16-7-9(5-12)14-15-16/h7,11H,3-6,8,12H2,1-2H3,(H,13,17). The van der Waals surface area contributed by atoms with E-state index in [1.807, 2.05) is 13.8 Å². The smallest absolute Gasteiger partial charge is 0.241 e. The van der Waals surface area contributed by atoms with Gasteiger partial charge in [-0.25, -0.2) is 4.68 Å². The average Bonchev–Trinajstić information content (AvgIpc) is 2.84. The molecular formula is C11H21N5O3. The molecule has 19 heavy (non-hydrogen) atoms. The minimum atomic E-state index is -0.422. The van der Waals surface area contributed by atoms with Gasteiger partial charge in [-0.2, -0.15) is 0 Å². The Morgan fingerprint density at radius 3 is 2.68 bits per heavy atom. The summed E-state index contributed by atoms with van der Waals surface area (Å²) in [6, 6.07) is 0. The Morgan fingerprint density at radius 2 is 2.16 bits per heavy atom. The number of aromatic nitrogens is 3. The summed E-state index contributed by atoms with van der Waals surface area (Å²) in [7, 11) is 0. The quantitative estimate of drug-likeness (QED) is 0.573. The fraction of sp³-hybridized carbons (Fsp3) is 0.727. The highest BCUT2D eigenvalue weighted by atomic mass is 16.7. The van der Waals surface area contributed by atoms with E-state index in [2.05, 4.69) is 15.6 Å². The van der Waals surface area contributed by atoms with Crippen molar-refractivity contribution in [2.24, 2.45) is 5.73 Å². The second-order valence-electron chi connectivity index (χ2n) is 3.76. The molecule has 8 nitrogen and oxygen atoms in total. The van der Waals surface area contributed by atoms with Crippen LogP contribution in [-0.4, -0.2) is 46.9 Å². The van der Waals surface area contributed by atoms with Crippen LogP contribution in [0.1, 0.15) is 19.5 Å². The third kappa shape index (κ3) is 5.77. The van der Waals surface area contributed by atoms with Crippen molar-refractivity contribution < 1.29 is 14.3 Å². The Balaban J connectivity index is 2.33. The first-order valence-electron chi connectivity index (χ1n) is 6.28. The summed E-state index contributed by atoms with van der Waals surface area (Å²) in [5.74, 6) is -0.183. The highest BCUT2D eigenvalue weighted by Crippen LogP contribution is 1.94. The third-order valence-electron chi connectivity index (χ3n) is 2.27. The van der Waals surface area contributed by atoms with Crippen molar-refractivity contribution in [3.63, 3.8) is 0 Å². The van der Waals surface area contributed by atoms with Crippen LogP contribution in [0.15, 0.2) is 6.20 Å². The molecule has 1 aromatic rings. The Hall–Kier alpha value is -1.51. The molecule has 0 atom stereocenters. The second-order valence-corrected chi connectivity index (χ2v) is 3.76. The minimum absolute atomic E-state index is 0.0952. The Labute approximate surface area is 112 Å². The first kappa shape index (κ1) is 15.5. The normalized spacial score (nSPS) is 10.9. The van der Waals surface area contributed by atoms with E-state index in [4.69, 9.17) is 15.2 Å². The van der Waals surface area contributed by atoms with E-state index in [1.165, 1.54) is 4.68 Å². The molecule has 1 aromatic heterocycles. The first-order chi connectivity index (χ1) is 9.19. The van der Waals surface area contributed by atoms with Gasteiger partial charge in [0.05, 0.1) is 18.4 Å². The van der Waals surface area contributed by atoms with Crippen LogP contribution < -0.4 is 11.1 Å². The molecule has 1 rings (SSSR count).